The van der Waals surface area contributed by atoms with Gasteiger partial charge in [-0.3, -0.25) is 9.20 Å². The quantitative estimate of drug-likeness (QED) is 0.310. The van der Waals surface area contributed by atoms with Gasteiger partial charge < -0.3 is 5.32 Å². The van der Waals surface area contributed by atoms with Crippen molar-refractivity contribution in [3.05, 3.63) is 95.3 Å². The van der Waals surface area contributed by atoms with Crippen LogP contribution in [0.3, 0.4) is 0 Å². The van der Waals surface area contributed by atoms with Crippen LogP contribution in [0, 0.1) is 0 Å². The number of hydrogen-bond acceptors (Lipinski definition) is 6. The van der Waals surface area contributed by atoms with Gasteiger partial charge in [-0.15, -0.1) is 10.2 Å². The van der Waals surface area contributed by atoms with Crippen LogP contribution in [0.4, 0.5) is 11.6 Å². The number of nitrogens with zero attached hydrogens (tertiary/aromatic N) is 5. The van der Waals surface area contributed by atoms with Gasteiger partial charge in [0.25, 0.3) is 5.91 Å². The summed E-state index contributed by atoms with van der Waals surface area (Å²) in [6.45, 7) is 0. The minimum absolute atomic E-state index is 0.329. The maximum Gasteiger partial charge on any atom is 0.271 e. The number of hydrazone groups is 1. The number of halogens is 1. The molecule has 0 saturated heterocycles. The molecule has 0 fully saturated rings. The van der Waals surface area contributed by atoms with Gasteiger partial charge in [0.15, 0.2) is 5.65 Å². The van der Waals surface area contributed by atoms with Crippen molar-refractivity contribution < 1.29 is 4.79 Å². The summed E-state index contributed by atoms with van der Waals surface area (Å²) in [5.41, 5.74) is 5.97. The minimum Gasteiger partial charge on any atom is -0.325 e. The fourth-order valence-corrected chi connectivity index (χ4v) is 3.41. The number of rotatable bonds is 5. The molecule has 0 aliphatic rings. The van der Waals surface area contributed by atoms with Gasteiger partial charge in [-0.05, 0) is 42.5 Å². The number of aromatic nitrogens is 4. The van der Waals surface area contributed by atoms with Crippen molar-refractivity contribution in [1.29, 1.82) is 0 Å². The van der Waals surface area contributed by atoms with Crippen molar-refractivity contribution in [2.45, 2.75) is 0 Å². The van der Waals surface area contributed by atoms with Crippen molar-refractivity contribution in [3.8, 4) is 0 Å². The largest absolute Gasteiger partial charge is 0.325 e. The van der Waals surface area contributed by atoms with Gasteiger partial charge >= 0.3 is 0 Å². The van der Waals surface area contributed by atoms with Gasteiger partial charge in [0.05, 0.1) is 11.7 Å². The summed E-state index contributed by atoms with van der Waals surface area (Å²) in [4.78, 5) is 17.0. The summed E-state index contributed by atoms with van der Waals surface area (Å²) in [6, 6.07) is 22.0. The Labute approximate surface area is 187 Å². The number of anilines is 2. The SMILES string of the molecule is O=C(N/N=C/c1ccccc1Cl)c1ccc(Nc2nc3ccccc3c3nncn23)cc1. The first kappa shape index (κ1) is 19.7. The number of nitrogens with one attached hydrogen (secondary N) is 2. The number of carbonyl (C=O) groups excluding carboxylic acids is 1. The van der Waals surface area contributed by atoms with Crippen molar-refractivity contribution in [1.82, 2.24) is 25.0 Å². The Balaban J connectivity index is 1.32. The Morgan fingerprint density at radius 2 is 1.78 bits per heavy atom. The van der Waals surface area contributed by atoms with Crippen molar-refractivity contribution in [3.63, 3.8) is 0 Å². The number of amides is 1. The summed E-state index contributed by atoms with van der Waals surface area (Å²) in [7, 11) is 0. The van der Waals surface area contributed by atoms with E-state index < -0.39 is 0 Å². The zero-order valence-electron chi connectivity index (χ0n) is 16.6. The number of hydrogen-bond donors (Lipinski definition) is 2. The zero-order chi connectivity index (χ0) is 21.9. The Bertz CT molecular complexity index is 1460. The van der Waals surface area contributed by atoms with Crippen molar-refractivity contribution in [2.24, 2.45) is 5.10 Å². The van der Waals surface area contributed by atoms with Crippen LogP contribution in [0.5, 0.6) is 0 Å². The molecular weight excluding hydrogens is 426 g/mol. The number of carbonyl (C=O) groups is 1. The molecule has 5 aromatic rings. The van der Waals surface area contributed by atoms with Gasteiger partial charge in [0.1, 0.15) is 6.33 Å². The van der Waals surface area contributed by atoms with E-state index in [2.05, 4.69) is 31.0 Å². The third kappa shape index (κ3) is 3.86. The second-order valence-electron chi connectivity index (χ2n) is 6.90. The Kier molecular flexibility index (Phi) is 5.19. The zero-order valence-corrected chi connectivity index (χ0v) is 17.4. The van der Waals surface area contributed by atoms with E-state index in [4.69, 9.17) is 11.6 Å². The summed E-state index contributed by atoms with van der Waals surface area (Å²) >= 11 is 6.08. The van der Waals surface area contributed by atoms with Gasteiger partial charge in [-0.1, -0.05) is 41.9 Å². The van der Waals surface area contributed by atoms with E-state index in [0.29, 0.717) is 22.2 Å². The first-order valence-electron chi connectivity index (χ1n) is 9.72. The van der Waals surface area contributed by atoms with Crippen LogP contribution < -0.4 is 10.7 Å². The molecule has 9 heteroatoms. The molecule has 32 heavy (non-hydrogen) atoms. The highest BCUT2D eigenvalue weighted by atomic mass is 35.5. The Hall–Kier alpha value is -4.30. The van der Waals surface area contributed by atoms with Crippen LogP contribution in [-0.4, -0.2) is 31.7 Å². The molecule has 0 spiro atoms. The lowest BCUT2D eigenvalue weighted by molar-refractivity contribution is 0.0955. The molecule has 0 aliphatic heterocycles. The molecule has 5 rings (SSSR count). The van der Waals surface area contributed by atoms with Gasteiger partial charge in [0.2, 0.25) is 5.95 Å². The molecule has 2 N–H and O–H groups in total. The highest BCUT2D eigenvalue weighted by Crippen LogP contribution is 2.22. The fourth-order valence-electron chi connectivity index (χ4n) is 3.23. The molecule has 0 atom stereocenters. The average molecular weight is 442 g/mol. The highest BCUT2D eigenvalue weighted by Gasteiger charge is 2.10. The van der Waals surface area contributed by atoms with E-state index >= 15 is 0 Å². The molecule has 0 saturated carbocycles. The first-order chi connectivity index (χ1) is 15.7. The van der Waals surface area contributed by atoms with Gasteiger partial charge in [0, 0.05) is 27.2 Å². The van der Waals surface area contributed by atoms with Crippen molar-refractivity contribution >= 4 is 51.9 Å². The monoisotopic (exact) mass is 441 g/mol. The molecule has 0 bridgehead atoms. The predicted molar refractivity (Wildman–Crippen MR) is 125 cm³/mol. The smallest absolute Gasteiger partial charge is 0.271 e. The topological polar surface area (TPSA) is 96.6 Å². The lowest BCUT2D eigenvalue weighted by Gasteiger charge is -2.10. The molecule has 8 nitrogen and oxygen atoms in total. The fraction of sp³-hybridized carbons (Fsp3) is 0. The van der Waals surface area contributed by atoms with Crippen LogP contribution in [-0.2, 0) is 0 Å². The first-order valence-corrected chi connectivity index (χ1v) is 10.1. The average Bonchev–Trinajstić information content (AvgIpc) is 3.32. The normalized spacial score (nSPS) is 11.3. The van der Waals surface area contributed by atoms with E-state index in [0.717, 1.165) is 22.2 Å². The number of benzene rings is 3. The number of fused-ring (bicyclic) bond motifs is 3. The predicted octanol–water partition coefficient (Wildman–Crippen LogP) is 4.44. The summed E-state index contributed by atoms with van der Waals surface area (Å²) in [5, 5.41) is 16.9. The van der Waals surface area contributed by atoms with E-state index in [1.54, 1.807) is 41.1 Å². The van der Waals surface area contributed by atoms with Crippen LogP contribution in [0.15, 0.2) is 84.2 Å². The Morgan fingerprint density at radius 1 is 1.00 bits per heavy atom. The third-order valence-electron chi connectivity index (χ3n) is 4.83. The van der Waals surface area contributed by atoms with E-state index in [9.17, 15) is 4.79 Å². The third-order valence-corrected chi connectivity index (χ3v) is 5.17. The molecule has 2 heterocycles. The Morgan fingerprint density at radius 3 is 2.62 bits per heavy atom. The molecule has 1 amide bonds. The van der Waals surface area contributed by atoms with E-state index in [1.807, 2.05) is 42.5 Å². The lowest BCUT2D eigenvalue weighted by Crippen LogP contribution is -2.17. The van der Waals surface area contributed by atoms with E-state index in [-0.39, 0.29) is 5.91 Å². The van der Waals surface area contributed by atoms with Gasteiger partial charge in [-0.25, -0.2) is 10.4 Å². The molecule has 2 aromatic heterocycles. The van der Waals surface area contributed by atoms with E-state index in [1.165, 1.54) is 6.21 Å². The maximum atomic E-state index is 12.4. The molecule has 156 valence electrons. The van der Waals surface area contributed by atoms with Crippen molar-refractivity contribution in [2.75, 3.05) is 5.32 Å². The summed E-state index contributed by atoms with van der Waals surface area (Å²) < 4.78 is 1.78. The molecule has 0 radical (unpaired) electrons. The minimum atomic E-state index is -0.329. The van der Waals surface area contributed by atoms with Crippen LogP contribution in [0.2, 0.25) is 5.02 Å². The van der Waals surface area contributed by atoms with Crippen LogP contribution in [0.25, 0.3) is 16.6 Å². The van der Waals surface area contributed by atoms with Crippen LogP contribution >= 0.6 is 11.6 Å². The molecule has 3 aromatic carbocycles. The molecule has 0 unspecified atom stereocenters. The molecular formula is C23H16ClN7O. The van der Waals surface area contributed by atoms with Crippen LogP contribution in [0.1, 0.15) is 15.9 Å². The lowest BCUT2D eigenvalue weighted by atomic mass is 10.2. The van der Waals surface area contributed by atoms with Gasteiger partial charge in [-0.2, -0.15) is 5.10 Å². The maximum absolute atomic E-state index is 12.4. The second kappa shape index (κ2) is 8.44. The highest BCUT2D eigenvalue weighted by molar-refractivity contribution is 6.33. The second-order valence-corrected chi connectivity index (χ2v) is 7.31. The standard InChI is InChI=1S/C23H16ClN7O/c24-19-7-3-1-5-16(19)13-25-30-22(32)15-9-11-17(12-10-15)27-23-28-20-8-4-2-6-18(20)21-29-26-14-31(21)23/h1-14H,(H,27,28)(H,30,32)/b25-13+. The molecule has 0 aliphatic carbocycles. The summed E-state index contributed by atoms with van der Waals surface area (Å²) in [5.74, 6) is 0.245. The number of para-hydroxylation sites is 1. The summed E-state index contributed by atoms with van der Waals surface area (Å²) in [6.07, 6.45) is 3.11.